The number of hydrogen-bond acceptors (Lipinski definition) is 4. The van der Waals surface area contributed by atoms with Gasteiger partial charge in [0, 0.05) is 19.8 Å². The quantitative estimate of drug-likeness (QED) is 0.442. The number of thiocarbonyl (C=S) groups is 1. The summed E-state index contributed by atoms with van der Waals surface area (Å²) in [5.41, 5.74) is 2.56. The lowest BCUT2D eigenvalue weighted by Gasteiger charge is -2.40. The second-order valence-corrected chi connectivity index (χ2v) is 5.34. The first kappa shape index (κ1) is 15.8. The van der Waals surface area contributed by atoms with E-state index in [2.05, 4.69) is 41.0 Å². The van der Waals surface area contributed by atoms with Crippen LogP contribution in [-0.2, 0) is 10.4 Å². The van der Waals surface area contributed by atoms with Gasteiger partial charge in [0.15, 0.2) is 5.11 Å². The SMILES string of the molecule is CC1c2ccccc2N(C)C(=S)N1C.O=S(=O)([O-])O.[H+]. The summed E-state index contributed by atoms with van der Waals surface area (Å²) in [6, 6.07) is 8.77. The van der Waals surface area contributed by atoms with Crippen molar-refractivity contribution in [3.05, 3.63) is 29.8 Å². The zero-order valence-electron chi connectivity index (χ0n) is 11.8. The van der Waals surface area contributed by atoms with Crippen LogP contribution in [0.1, 0.15) is 20.0 Å². The maximum Gasteiger partial charge on any atom is 1.00 e. The molecule has 1 N–H and O–H groups in total. The highest BCUT2D eigenvalue weighted by molar-refractivity contribution is 7.80. The molecule has 0 radical (unpaired) electrons. The van der Waals surface area contributed by atoms with Crippen LogP contribution in [-0.4, -0.2) is 41.6 Å². The fraction of sp³-hybridized carbons (Fsp3) is 0.364. The van der Waals surface area contributed by atoms with Gasteiger partial charge >= 0.3 is 1.43 Å². The average Bonchev–Trinajstić information content (AvgIpc) is 2.32. The van der Waals surface area contributed by atoms with E-state index in [0.29, 0.717) is 6.04 Å². The highest BCUT2D eigenvalue weighted by Gasteiger charge is 2.27. The third-order valence-electron chi connectivity index (χ3n) is 2.92. The second-order valence-electron chi connectivity index (χ2n) is 4.12. The van der Waals surface area contributed by atoms with E-state index in [4.69, 9.17) is 29.7 Å². The molecule has 8 heteroatoms. The van der Waals surface area contributed by atoms with Gasteiger partial charge in [0.2, 0.25) is 10.4 Å². The van der Waals surface area contributed by atoms with Crippen molar-refractivity contribution in [2.45, 2.75) is 13.0 Å². The molecule has 6 nitrogen and oxygen atoms in total. The van der Waals surface area contributed by atoms with Crippen molar-refractivity contribution in [3.8, 4) is 0 Å². The number of anilines is 1. The minimum absolute atomic E-state index is 0. The van der Waals surface area contributed by atoms with Crippen molar-refractivity contribution in [2.75, 3.05) is 19.0 Å². The minimum atomic E-state index is -4.92. The molecule has 1 heterocycles. The number of fused-ring (bicyclic) bond motifs is 1. The van der Waals surface area contributed by atoms with Crippen LogP contribution >= 0.6 is 12.2 Å². The molecule has 0 spiro atoms. The van der Waals surface area contributed by atoms with E-state index in [1.165, 1.54) is 11.3 Å². The van der Waals surface area contributed by atoms with E-state index in [1.54, 1.807) is 0 Å². The van der Waals surface area contributed by atoms with Gasteiger partial charge in [-0.25, -0.2) is 8.42 Å². The van der Waals surface area contributed by atoms with Gasteiger partial charge in [-0.15, -0.1) is 0 Å². The number of rotatable bonds is 0. The van der Waals surface area contributed by atoms with Crippen molar-refractivity contribution in [3.63, 3.8) is 0 Å². The van der Waals surface area contributed by atoms with E-state index in [-0.39, 0.29) is 1.43 Å². The van der Waals surface area contributed by atoms with Gasteiger partial charge in [-0.3, -0.25) is 4.55 Å². The van der Waals surface area contributed by atoms with Crippen LogP contribution in [0.25, 0.3) is 0 Å². The van der Waals surface area contributed by atoms with Crippen LogP contribution in [0, 0.1) is 0 Å². The lowest BCUT2D eigenvalue weighted by molar-refractivity contribution is 0.366. The van der Waals surface area contributed by atoms with Gasteiger partial charge in [-0.2, -0.15) is 0 Å². The maximum absolute atomic E-state index is 8.63. The van der Waals surface area contributed by atoms with Gasteiger partial charge in [0.05, 0.1) is 6.04 Å². The molecule has 106 valence electrons. The Hall–Kier alpha value is -1.22. The molecule has 1 aliphatic rings. The summed E-state index contributed by atoms with van der Waals surface area (Å²) in [4.78, 5) is 4.18. The molecule has 1 unspecified atom stereocenters. The van der Waals surface area contributed by atoms with Gasteiger partial charge in [-0.1, -0.05) is 18.2 Å². The van der Waals surface area contributed by atoms with Gasteiger partial charge < -0.3 is 14.4 Å². The molecular weight excluding hydrogens is 288 g/mol. The predicted octanol–water partition coefficient (Wildman–Crippen LogP) is 1.53. The first-order valence-electron chi connectivity index (χ1n) is 5.40. The van der Waals surface area contributed by atoms with Gasteiger partial charge in [-0.05, 0) is 30.8 Å². The van der Waals surface area contributed by atoms with E-state index in [9.17, 15) is 0 Å². The van der Waals surface area contributed by atoms with Gasteiger partial charge in [0.25, 0.3) is 0 Å². The molecule has 2 rings (SSSR count). The Morgan fingerprint density at radius 2 is 1.84 bits per heavy atom. The Balaban J connectivity index is 0.000000526. The lowest BCUT2D eigenvalue weighted by atomic mass is 10.0. The normalized spacial score (nSPS) is 18.6. The van der Waals surface area contributed by atoms with Crippen molar-refractivity contribution in [1.82, 2.24) is 4.90 Å². The zero-order chi connectivity index (χ0) is 14.8. The third kappa shape index (κ3) is 4.13. The molecule has 0 saturated heterocycles. The average molecular weight is 304 g/mol. The van der Waals surface area contributed by atoms with E-state index < -0.39 is 10.4 Å². The monoisotopic (exact) mass is 304 g/mol. The Morgan fingerprint density at radius 3 is 2.37 bits per heavy atom. The first-order chi connectivity index (χ1) is 8.63. The molecule has 1 atom stereocenters. The number of para-hydroxylation sites is 1. The summed E-state index contributed by atoms with van der Waals surface area (Å²) in [6.07, 6.45) is 0. The molecular formula is C11H16N2O4S2. The number of nitrogens with zero attached hydrogens (tertiary/aromatic N) is 2. The minimum Gasteiger partial charge on any atom is -0.726 e. The standard InChI is InChI=1S/C11H14N2S.H2O4S/c1-8-9-6-4-5-7-10(9)13(3)11(14)12(8)2;1-5(2,3)4/h4-8H,1-3H3;(H2,1,2,3,4). The molecule has 1 aromatic carbocycles. The molecule has 0 fully saturated rings. The maximum atomic E-state index is 8.63. The summed E-state index contributed by atoms with van der Waals surface area (Å²) in [7, 11) is -0.858. The Kier molecular flexibility index (Phi) is 4.86. The molecule has 1 aromatic rings. The van der Waals surface area contributed by atoms with Crippen molar-refractivity contribution in [1.29, 1.82) is 0 Å². The number of hydrogen-bond donors (Lipinski definition) is 1. The fourth-order valence-corrected chi connectivity index (χ4v) is 2.12. The number of benzene rings is 1. The smallest absolute Gasteiger partial charge is 0.726 e. The summed E-state index contributed by atoms with van der Waals surface area (Å²) >= 11 is 5.36. The highest BCUT2D eigenvalue weighted by atomic mass is 32.3. The van der Waals surface area contributed by atoms with Crippen molar-refractivity contribution in [2.24, 2.45) is 0 Å². The van der Waals surface area contributed by atoms with Crippen LogP contribution in [0.15, 0.2) is 24.3 Å². The fourth-order valence-electron chi connectivity index (χ4n) is 1.86. The summed E-state index contributed by atoms with van der Waals surface area (Å²) in [5.74, 6) is 0. The first-order valence-corrected chi connectivity index (χ1v) is 7.18. The second kappa shape index (κ2) is 5.83. The third-order valence-corrected chi connectivity index (χ3v) is 3.48. The van der Waals surface area contributed by atoms with E-state index in [0.717, 1.165) is 5.11 Å². The molecule has 0 amide bonds. The van der Waals surface area contributed by atoms with Crippen LogP contribution in [0.2, 0.25) is 0 Å². The van der Waals surface area contributed by atoms with Crippen molar-refractivity contribution < 1.29 is 18.9 Å². The van der Waals surface area contributed by atoms with Crippen molar-refractivity contribution >= 4 is 33.4 Å². The molecule has 0 aromatic heterocycles. The molecule has 0 aliphatic carbocycles. The zero-order valence-corrected chi connectivity index (χ0v) is 12.4. The molecule has 0 bridgehead atoms. The Labute approximate surface area is 119 Å². The Morgan fingerprint density at radius 1 is 1.37 bits per heavy atom. The van der Waals surface area contributed by atoms with Crippen LogP contribution in [0.4, 0.5) is 5.69 Å². The largest absolute Gasteiger partial charge is 1.00 e. The summed E-state index contributed by atoms with van der Waals surface area (Å²) in [5, 5.41) is 0.885. The summed E-state index contributed by atoms with van der Waals surface area (Å²) in [6.45, 7) is 2.18. The molecule has 1 aliphatic heterocycles. The lowest BCUT2D eigenvalue weighted by Crippen LogP contribution is -2.44. The van der Waals surface area contributed by atoms with E-state index >= 15 is 0 Å². The van der Waals surface area contributed by atoms with Crippen LogP contribution < -0.4 is 4.90 Å². The highest BCUT2D eigenvalue weighted by Crippen LogP contribution is 2.34. The molecule has 0 saturated carbocycles. The van der Waals surface area contributed by atoms with Crippen LogP contribution in [0.5, 0.6) is 0 Å². The summed E-state index contributed by atoms with van der Waals surface area (Å²) < 4.78 is 32.8. The predicted molar refractivity (Wildman–Crippen MR) is 77.1 cm³/mol. The molecule has 19 heavy (non-hydrogen) atoms. The van der Waals surface area contributed by atoms with Gasteiger partial charge in [0.1, 0.15) is 0 Å². The topological polar surface area (TPSA) is 83.9 Å². The Bertz CT molecular complexity index is 572. The van der Waals surface area contributed by atoms with Crippen LogP contribution in [0.3, 0.4) is 0 Å². The van der Waals surface area contributed by atoms with E-state index in [1.807, 2.05) is 14.1 Å².